The number of hydrogen-bond donors (Lipinski definition) is 0. The summed E-state index contributed by atoms with van der Waals surface area (Å²) in [7, 11) is 0. The van der Waals surface area contributed by atoms with Crippen LogP contribution < -0.4 is 4.74 Å². The average molecular weight is 330 g/mol. The molecule has 2 aromatic rings. The molecule has 0 saturated heterocycles. The van der Waals surface area contributed by atoms with Gasteiger partial charge in [-0.3, -0.25) is 4.98 Å². The zero-order valence-corrected chi connectivity index (χ0v) is 12.4. The summed E-state index contributed by atoms with van der Waals surface area (Å²) >= 11 is 3.34. The van der Waals surface area contributed by atoms with Crippen molar-refractivity contribution in [3.8, 4) is 17.7 Å². The highest BCUT2D eigenvalue weighted by Gasteiger charge is 2.16. The fourth-order valence-corrected chi connectivity index (χ4v) is 2.68. The predicted molar refractivity (Wildman–Crippen MR) is 77.6 cm³/mol. The topological polar surface area (TPSA) is 58.8 Å². The van der Waals surface area contributed by atoms with Crippen molar-refractivity contribution >= 4 is 15.9 Å². The number of ether oxygens (including phenoxy) is 1. The summed E-state index contributed by atoms with van der Waals surface area (Å²) in [5.41, 5.74) is 2.70. The molecule has 0 spiro atoms. The second-order valence-electron chi connectivity index (χ2n) is 4.71. The summed E-state index contributed by atoms with van der Waals surface area (Å²) in [6, 6.07) is 5.87. The van der Waals surface area contributed by atoms with E-state index in [9.17, 15) is 5.26 Å². The lowest BCUT2D eigenvalue weighted by Crippen LogP contribution is -2.07. The summed E-state index contributed by atoms with van der Waals surface area (Å²) in [4.78, 5) is 8.56. The Morgan fingerprint density at radius 1 is 1.20 bits per heavy atom. The Morgan fingerprint density at radius 3 is 2.85 bits per heavy atom. The number of aryl methyl sites for hydroxylation is 2. The van der Waals surface area contributed by atoms with E-state index in [0.717, 1.165) is 35.8 Å². The Bertz CT molecular complexity index is 694. The van der Waals surface area contributed by atoms with Crippen molar-refractivity contribution in [3.63, 3.8) is 0 Å². The van der Waals surface area contributed by atoms with Gasteiger partial charge in [0.25, 0.3) is 0 Å². The lowest BCUT2D eigenvalue weighted by atomic mass is 9.95. The largest absolute Gasteiger partial charge is 0.436 e. The molecule has 0 aromatic carbocycles. The Hall–Kier alpha value is -1.93. The van der Waals surface area contributed by atoms with E-state index in [1.807, 2.05) is 6.07 Å². The van der Waals surface area contributed by atoms with Crippen LogP contribution in [-0.2, 0) is 12.8 Å². The number of halogens is 1. The first kappa shape index (κ1) is 13.1. The molecule has 0 saturated carbocycles. The van der Waals surface area contributed by atoms with Gasteiger partial charge in [0.1, 0.15) is 17.4 Å². The molecule has 4 nitrogen and oxygen atoms in total. The number of nitrogens with zero attached hydrogens (tertiary/aromatic N) is 3. The monoisotopic (exact) mass is 329 g/mol. The summed E-state index contributed by atoms with van der Waals surface area (Å²) in [6.45, 7) is 0. The second kappa shape index (κ2) is 5.59. The first-order valence-electron chi connectivity index (χ1n) is 6.47. The molecule has 2 aromatic heterocycles. The zero-order chi connectivity index (χ0) is 13.9. The minimum atomic E-state index is 0.369. The van der Waals surface area contributed by atoms with Gasteiger partial charge >= 0.3 is 0 Å². The van der Waals surface area contributed by atoms with Crippen molar-refractivity contribution in [1.82, 2.24) is 9.97 Å². The van der Waals surface area contributed by atoms with E-state index in [4.69, 9.17) is 4.74 Å². The first-order chi connectivity index (χ1) is 9.76. The quantitative estimate of drug-likeness (QED) is 0.841. The standard InChI is InChI=1S/C15H12BrN3O/c16-12-6-13(9-18-8-12)20-15-11(7-17)5-10-3-1-2-4-14(10)19-15/h5-6,8-9H,1-4H2. The van der Waals surface area contributed by atoms with Gasteiger partial charge in [-0.15, -0.1) is 0 Å². The van der Waals surface area contributed by atoms with E-state index in [2.05, 4.69) is 32.0 Å². The maximum Gasteiger partial charge on any atom is 0.237 e. The maximum atomic E-state index is 9.26. The fourth-order valence-electron chi connectivity index (χ4n) is 2.33. The number of aromatic nitrogens is 2. The van der Waals surface area contributed by atoms with Gasteiger partial charge < -0.3 is 4.74 Å². The Labute approximate surface area is 125 Å². The van der Waals surface area contributed by atoms with Crippen LogP contribution in [0.3, 0.4) is 0 Å². The fraction of sp³-hybridized carbons (Fsp3) is 0.267. The van der Waals surface area contributed by atoms with Crippen LogP contribution in [-0.4, -0.2) is 9.97 Å². The molecule has 0 aliphatic heterocycles. The van der Waals surface area contributed by atoms with Gasteiger partial charge in [-0.1, -0.05) is 0 Å². The highest BCUT2D eigenvalue weighted by molar-refractivity contribution is 9.10. The smallest absolute Gasteiger partial charge is 0.237 e. The van der Waals surface area contributed by atoms with Crippen LogP contribution >= 0.6 is 15.9 Å². The molecule has 0 amide bonds. The molecule has 0 radical (unpaired) electrons. The first-order valence-corrected chi connectivity index (χ1v) is 7.27. The van der Waals surface area contributed by atoms with Crippen LogP contribution in [0.4, 0.5) is 0 Å². The van der Waals surface area contributed by atoms with Crippen LogP contribution in [0.25, 0.3) is 0 Å². The van der Waals surface area contributed by atoms with Crippen molar-refractivity contribution < 1.29 is 4.74 Å². The van der Waals surface area contributed by atoms with Gasteiger partial charge in [0.15, 0.2) is 0 Å². The summed E-state index contributed by atoms with van der Waals surface area (Å²) in [6.07, 6.45) is 7.54. The number of nitriles is 1. The van der Waals surface area contributed by atoms with Crippen LogP contribution in [0.2, 0.25) is 0 Å². The Morgan fingerprint density at radius 2 is 2.05 bits per heavy atom. The van der Waals surface area contributed by atoms with Crippen molar-refractivity contribution in [1.29, 1.82) is 5.26 Å². The number of fused-ring (bicyclic) bond motifs is 1. The Kier molecular flexibility index (Phi) is 3.66. The summed E-state index contributed by atoms with van der Waals surface area (Å²) in [5, 5.41) is 9.26. The van der Waals surface area contributed by atoms with Gasteiger partial charge in [-0.05, 0) is 59.3 Å². The number of pyridine rings is 2. The highest BCUT2D eigenvalue weighted by Crippen LogP contribution is 2.29. The van der Waals surface area contributed by atoms with Crippen LogP contribution in [0, 0.1) is 11.3 Å². The molecule has 0 atom stereocenters. The molecule has 0 N–H and O–H groups in total. The minimum Gasteiger partial charge on any atom is -0.436 e. The van der Waals surface area contributed by atoms with Gasteiger partial charge in [-0.2, -0.15) is 5.26 Å². The second-order valence-corrected chi connectivity index (χ2v) is 5.62. The summed E-state index contributed by atoms with van der Waals surface area (Å²) < 4.78 is 6.55. The number of rotatable bonds is 2. The molecule has 0 bridgehead atoms. The summed E-state index contributed by atoms with van der Waals surface area (Å²) in [5.74, 6) is 0.937. The van der Waals surface area contributed by atoms with E-state index in [1.165, 1.54) is 5.56 Å². The third-order valence-corrected chi connectivity index (χ3v) is 3.71. The maximum absolute atomic E-state index is 9.26. The highest BCUT2D eigenvalue weighted by atomic mass is 79.9. The molecule has 0 unspecified atom stereocenters. The zero-order valence-electron chi connectivity index (χ0n) is 10.8. The Balaban J connectivity index is 1.98. The molecule has 20 heavy (non-hydrogen) atoms. The third kappa shape index (κ3) is 2.66. The molecule has 1 aliphatic carbocycles. The lowest BCUT2D eigenvalue weighted by Gasteiger charge is -2.16. The third-order valence-electron chi connectivity index (χ3n) is 3.28. The normalized spacial score (nSPS) is 13.4. The lowest BCUT2D eigenvalue weighted by molar-refractivity contribution is 0.454. The molecule has 2 heterocycles. The van der Waals surface area contributed by atoms with E-state index >= 15 is 0 Å². The minimum absolute atomic E-state index is 0.369. The van der Waals surface area contributed by atoms with Crippen LogP contribution in [0.5, 0.6) is 11.6 Å². The molecule has 5 heteroatoms. The van der Waals surface area contributed by atoms with Crippen molar-refractivity contribution in [2.24, 2.45) is 0 Å². The van der Waals surface area contributed by atoms with E-state index in [0.29, 0.717) is 17.2 Å². The molecular formula is C15H12BrN3O. The molecule has 100 valence electrons. The van der Waals surface area contributed by atoms with E-state index in [1.54, 1.807) is 18.5 Å². The van der Waals surface area contributed by atoms with Crippen molar-refractivity contribution in [2.75, 3.05) is 0 Å². The van der Waals surface area contributed by atoms with Crippen molar-refractivity contribution in [2.45, 2.75) is 25.7 Å². The van der Waals surface area contributed by atoms with Crippen LogP contribution in [0.1, 0.15) is 29.7 Å². The van der Waals surface area contributed by atoms with Gasteiger partial charge in [0, 0.05) is 16.4 Å². The molecular weight excluding hydrogens is 318 g/mol. The predicted octanol–water partition coefficient (Wildman–Crippen LogP) is 3.78. The average Bonchev–Trinajstić information content (AvgIpc) is 2.46. The van der Waals surface area contributed by atoms with E-state index in [-0.39, 0.29) is 0 Å². The molecule has 3 rings (SSSR count). The van der Waals surface area contributed by atoms with Gasteiger partial charge in [0.05, 0.1) is 6.20 Å². The number of hydrogen-bond acceptors (Lipinski definition) is 4. The SMILES string of the molecule is N#Cc1cc2c(nc1Oc1cncc(Br)c1)CCCC2. The van der Waals surface area contributed by atoms with Gasteiger partial charge in [-0.25, -0.2) is 4.98 Å². The van der Waals surface area contributed by atoms with Crippen LogP contribution in [0.15, 0.2) is 29.0 Å². The van der Waals surface area contributed by atoms with Gasteiger partial charge in [0.2, 0.25) is 5.88 Å². The van der Waals surface area contributed by atoms with Crippen molar-refractivity contribution in [3.05, 3.63) is 45.8 Å². The molecule has 1 aliphatic rings. The van der Waals surface area contributed by atoms with E-state index < -0.39 is 0 Å². The molecule has 0 fully saturated rings.